The van der Waals surface area contributed by atoms with Gasteiger partial charge in [0.1, 0.15) is 22.9 Å². The molecule has 0 saturated carbocycles. The smallest absolute Gasteiger partial charge is 0.281 e. The summed E-state index contributed by atoms with van der Waals surface area (Å²) in [5, 5.41) is 3.51. The highest BCUT2D eigenvalue weighted by Gasteiger charge is 2.32. The van der Waals surface area contributed by atoms with Crippen LogP contribution < -0.4 is 19.7 Å². The predicted octanol–water partition coefficient (Wildman–Crippen LogP) is 5.68. The fraction of sp³-hybridized carbons (Fsp3) is 0.231. The highest BCUT2D eigenvalue weighted by Crippen LogP contribution is 2.30. The van der Waals surface area contributed by atoms with E-state index in [0.29, 0.717) is 40.9 Å². The number of carbonyl (C=O) groups is 1. The quantitative estimate of drug-likeness (QED) is 0.160. The molecule has 3 aromatic rings. The van der Waals surface area contributed by atoms with E-state index in [0.717, 1.165) is 11.1 Å². The van der Waals surface area contributed by atoms with Crippen LogP contribution in [0.2, 0.25) is 0 Å². The number of methoxy groups -OCH3 is 1. The van der Waals surface area contributed by atoms with Gasteiger partial charge in [-0.05, 0) is 80.2 Å². The molecule has 0 aliphatic carbocycles. The number of nitrogens with one attached hydrogen (secondary N) is 1. The first-order valence-corrected chi connectivity index (χ1v) is 12.7. The third-order valence-corrected chi connectivity index (χ3v) is 6.51. The average molecular weight is 543 g/mol. The number of alkyl halides is 2. The largest absolute Gasteiger partial charge is 0.496 e. The highest BCUT2D eigenvalue weighted by molar-refractivity contribution is 7.98. The Kier molecular flexibility index (Phi) is 8.34. The molecule has 7 nitrogen and oxygen atoms in total. The number of amides is 1. The second-order valence-electron chi connectivity index (χ2n) is 7.93. The Morgan fingerprint density at radius 1 is 1.16 bits per heavy atom. The van der Waals surface area contributed by atoms with Crippen LogP contribution in [0.15, 0.2) is 59.4 Å². The summed E-state index contributed by atoms with van der Waals surface area (Å²) >= 11 is 6.63. The molecule has 2 aromatic carbocycles. The topological polar surface area (TPSA) is 76.6 Å². The third kappa shape index (κ3) is 6.23. The second kappa shape index (κ2) is 11.7. The van der Waals surface area contributed by atoms with Gasteiger partial charge < -0.3 is 14.8 Å². The van der Waals surface area contributed by atoms with Crippen molar-refractivity contribution in [1.29, 1.82) is 0 Å². The average Bonchev–Trinajstić information content (AvgIpc) is 3.15. The van der Waals surface area contributed by atoms with Crippen LogP contribution >= 0.6 is 24.0 Å². The number of hydrogen-bond acceptors (Lipinski definition) is 7. The number of ether oxygens (including phenoxy) is 2. The SMILES string of the molecule is CCOc1ccc(N2C(=O)/C(=C\c3ccc(OC)c(CSc4nc(C)cc(C(F)F)n4)c3)NC2=S)cc1. The van der Waals surface area contributed by atoms with Gasteiger partial charge in [-0.15, -0.1) is 0 Å². The second-order valence-corrected chi connectivity index (χ2v) is 9.26. The molecule has 1 amide bonds. The van der Waals surface area contributed by atoms with E-state index < -0.39 is 6.43 Å². The van der Waals surface area contributed by atoms with Gasteiger partial charge in [0.25, 0.3) is 12.3 Å². The summed E-state index contributed by atoms with van der Waals surface area (Å²) in [4.78, 5) is 22.8. The predicted molar refractivity (Wildman–Crippen MR) is 143 cm³/mol. The molecule has 1 aliphatic heterocycles. The molecule has 0 bridgehead atoms. The molecule has 1 fully saturated rings. The molecule has 0 atom stereocenters. The summed E-state index contributed by atoms with van der Waals surface area (Å²) in [6.45, 7) is 4.10. The van der Waals surface area contributed by atoms with Crippen molar-refractivity contribution < 1.29 is 23.0 Å². The molecule has 1 aromatic heterocycles. The van der Waals surface area contributed by atoms with Crippen molar-refractivity contribution in [2.24, 2.45) is 0 Å². The molecular formula is C26H24F2N4O3S2. The summed E-state index contributed by atoms with van der Waals surface area (Å²) in [5.41, 5.74) is 2.65. The molecule has 0 radical (unpaired) electrons. The van der Waals surface area contributed by atoms with Crippen LogP contribution in [-0.4, -0.2) is 34.7 Å². The van der Waals surface area contributed by atoms with Crippen LogP contribution in [0, 0.1) is 6.92 Å². The number of thiocarbonyl (C=S) groups is 1. The normalized spacial score (nSPS) is 14.4. The lowest BCUT2D eigenvalue weighted by atomic mass is 10.1. The fourth-order valence-corrected chi connectivity index (χ4v) is 4.87. The van der Waals surface area contributed by atoms with E-state index in [9.17, 15) is 13.6 Å². The molecule has 37 heavy (non-hydrogen) atoms. The zero-order chi connectivity index (χ0) is 26.5. The van der Waals surface area contributed by atoms with Crippen molar-refractivity contribution in [3.63, 3.8) is 0 Å². The molecule has 11 heteroatoms. The number of benzene rings is 2. The number of nitrogens with zero attached hydrogens (tertiary/aromatic N) is 3. The number of halogens is 2. The maximum atomic E-state index is 13.1. The summed E-state index contributed by atoms with van der Waals surface area (Å²) < 4.78 is 37.2. The molecule has 1 N–H and O–H groups in total. The highest BCUT2D eigenvalue weighted by atomic mass is 32.2. The first-order chi connectivity index (χ1) is 17.8. The maximum Gasteiger partial charge on any atom is 0.281 e. The van der Waals surface area contributed by atoms with E-state index in [4.69, 9.17) is 21.7 Å². The number of thioether (sulfide) groups is 1. The number of rotatable bonds is 9. The summed E-state index contributed by atoms with van der Waals surface area (Å²) in [7, 11) is 1.55. The third-order valence-electron chi connectivity index (χ3n) is 5.33. The zero-order valence-corrected chi connectivity index (χ0v) is 22.0. The first-order valence-electron chi connectivity index (χ1n) is 11.3. The van der Waals surface area contributed by atoms with E-state index in [1.807, 2.05) is 19.1 Å². The van der Waals surface area contributed by atoms with Crippen molar-refractivity contribution >= 4 is 46.8 Å². The number of carbonyl (C=O) groups excluding carboxylic acids is 1. The van der Waals surface area contributed by atoms with Gasteiger partial charge >= 0.3 is 0 Å². The Morgan fingerprint density at radius 3 is 2.59 bits per heavy atom. The van der Waals surface area contributed by atoms with Gasteiger partial charge in [-0.1, -0.05) is 17.8 Å². The molecule has 1 aliphatic rings. The molecule has 1 saturated heterocycles. The van der Waals surface area contributed by atoms with Gasteiger partial charge in [-0.3, -0.25) is 9.69 Å². The van der Waals surface area contributed by atoms with E-state index in [2.05, 4.69) is 15.3 Å². The van der Waals surface area contributed by atoms with E-state index in [-0.39, 0.29) is 21.9 Å². The minimum absolute atomic E-state index is 0.255. The van der Waals surface area contributed by atoms with E-state index in [1.54, 1.807) is 50.4 Å². The monoisotopic (exact) mass is 542 g/mol. The lowest BCUT2D eigenvalue weighted by molar-refractivity contribution is -0.113. The lowest BCUT2D eigenvalue weighted by Crippen LogP contribution is -2.30. The van der Waals surface area contributed by atoms with Crippen LogP contribution in [0.1, 0.15) is 35.9 Å². The number of anilines is 1. The lowest BCUT2D eigenvalue weighted by Gasteiger charge is -2.14. The van der Waals surface area contributed by atoms with Crippen LogP contribution in [0.5, 0.6) is 11.5 Å². The fourth-order valence-electron chi connectivity index (χ4n) is 3.68. The summed E-state index contributed by atoms with van der Waals surface area (Å²) in [6, 6.07) is 13.8. The van der Waals surface area contributed by atoms with Crippen LogP contribution in [0.25, 0.3) is 6.08 Å². The van der Waals surface area contributed by atoms with Crippen molar-refractivity contribution in [1.82, 2.24) is 15.3 Å². The minimum Gasteiger partial charge on any atom is -0.496 e. The Balaban J connectivity index is 1.54. The first kappa shape index (κ1) is 26.5. The number of aromatic nitrogens is 2. The van der Waals surface area contributed by atoms with Crippen LogP contribution in [-0.2, 0) is 10.5 Å². The molecular weight excluding hydrogens is 518 g/mol. The van der Waals surface area contributed by atoms with Crippen molar-refractivity contribution in [3.05, 3.63) is 76.7 Å². The van der Waals surface area contributed by atoms with Crippen LogP contribution in [0.3, 0.4) is 0 Å². The summed E-state index contributed by atoms with van der Waals surface area (Å²) in [5.74, 6) is 1.42. The molecule has 0 unspecified atom stereocenters. The van der Waals surface area contributed by atoms with Crippen LogP contribution in [0.4, 0.5) is 14.5 Å². The van der Waals surface area contributed by atoms with Crippen molar-refractivity contribution in [3.8, 4) is 11.5 Å². The Labute approximate surface area is 222 Å². The van der Waals surface area contributed by atoms with E-state index in [1.165, 1.54) is 22.7 Å². The Bertz CT molecular complexity index is 1350. The molecule has 2 heterocycles. The minimum atomic E-state index is -2.67. The van der Waals surface area contributed by atoms with Gasteiger partial charge in [0, 0.05) is 17.0 Å². The van der Waals surface area contributed by atoms with Gasteiger partial charge in [0.2, 0.25) is 0 Å². The number of hydrogen-bond donors (Lipinski definition) is 1. The maximum absolute atomic E-state index is 13.1. The van der Waals surface area contributed by atoms with Gasteiger partial charge in [0.05, 0.1) is 19.4 Å². The standard InChI is InChI=1S/C26H24F2N4O3S2/c1-4-35-19-8-6-18(7-9-19)32-24(33)21(31-26(32)36)13-16-5-10-22(34-3)17(12-16)14-37-25-29-15(2)11-20(30-25)23(27)28/h5-13,23H,4,14H2,1-3H3,(H,31,36)/b21-13+. The molecule has 4 rings (SSSR count). The number of aryl methyl sites for hydroxylation is 1. The Morgan fingerprint density at radius 2 is 1.92 bits per heavy atom. The van der Waals surface area contributed by atoms with Crippen molar-refractivity contribution in [2.45, 2.75) is 31.2 Å². The van der Waals surface area contributed by atoms with Gasteiger partial charge in [-0.2, -0.15) is 0 Å². The van der Waals surface area contributed by atoms with Gasteiger partial charge in [0.15, 0.2) is 10.3 Å². The zero-order valence-electron chi connectivity index (χ0n) is 20.3. The Hall–Kier alpha value is -3.57. The summed E-state index contributed by atoms with van der Waals surface area (Å²) in [6.07, 6.45) is -0.968. The van der Waals surface area contributed by atoms with E-state index >= 15 is 0 Å². The van der Waals surface area contributed by atoms with Crippen molar-refractivity contribution in [2.75, 3.05) is 18.6 Å². The molecule has 192 valence electrons. The van der Waals surface area contributed by atoms with Gasteiger partial charge in [-0.25, -0.2) is 18.7 Å². The molecule has 0 spiro atoms.